The lowest BCUT2D eigenvalue weighted by molar-refractivity contribution is 0.412. The first kappa shape index (κ1) is 16.3. The Kier molecular flexibility index (Phi) is 5.65. The molecule has 0 saturated carbocycles. The van der Waals surface area contributed by atoms with Crippen LogP contribution in [0.25, 0.3) is 0 Å². The number of aliphatic imine (C=N–C) groups is 1. The van der Waals surface area contributed by atoms with Gasteiger partial charge >= 0.3 is 0 Å². The summed E-state index contributed by atoms with van der Waals surface area (Å²) in [6.07, 6.45) is 5.54. The van der Waals surface area contributed by atoms with Crippen molar-refractivity contribution in [1.29, 1.82) is 0 Å². The zero-order valence-electron chi connectivity index (χ0n) is 14.0. The van der Waals surface area contributed by atoms with Gasteiger partial charge < -0.3 is 20.1 Å². The Bertz CT molecular complexity index is 620. The summed E-state index contributed by atoms with van der Waals surface area (Å²) in [7, 11) is 0. The molecule has 0 bridgehead atoms. The third-order valence-electron chi connectivity index (χ3n) is 4.04. The lowest BCUT2D eigenvalue weighted by Crippen LogP contribution is -2.48. The number of guanidine groups is 1. The highest BCUT2D eigenvalue weighted by atomic mass is 16.5. The molecule has 0 unspecified atom stereocenters. The van der Waals surface area contributed by atoms with Gasteiger partial charge in [-0.25, -0.2) is 9.98 Å². The minimum absolute atomic E-state index is 0.417. The van der Waals surface area contributed by atoms with Crippen LogP contribution in [0.3, 0.4) is 0 Å². The maximum Gasteiger partial charge on any atom is 0.191 e. The fraction of sp³-hybridized carbons (Fsp3) is 0.471. The molecule has 24 heavy (non-hydrogen) atoms. The third kappa shape index (κ3) is 4.47. The number of nitrogens with zero attached hydrogens (tertiary/aromatic N) is 4. The van der Waals surface area contributed by atoms with Crippen LogP contribution in [0.1, 0.15) is 25.5 Å². The van der Waals surface area contributed by atoms with Crippen LogP contribution in [-0.2, 0) is 6.54 Å². The van der Waals surface area contributed by atoms with Crippen molar-refractivity contribution < 1.29 is 4.52 Å². The maximum absolute atomic E-state index is 4.84. The molecule has 1 aliphatic rings. The highest BCUT2D eigenvalue weighted by Crippen LogP contribution is 2.17. The van der Waals surface area contributed by atoms with E-state index in [-0.39, 0.29) is 0 Å². The van der Waals surface area contributed by atoms with Crippen LogP contribution in [0.5, 0.6) is 0 Å². The van der Waals surface area contributed by atoms with Crippen molar-refractivity contribution in [3.8, 4) is 0 Å². The zero-order valence-corrected chi connectivity index (χ0v) is 14.0. The van der Waals surface area contributed by atoms with Crippen molar-refractivity contribution in [2.24, 2.45) is 4.99 Å². The molecular weight excluding hydrogens is 304 g/mol. The van der Waals surface area contributed by atoms with E-state index in [1.165, 1.54) is 0 Å². The first-order valence-corrected chi connectivity index (χ1v) is 8.45. The predicted molar refractivity (Wildman–Crippen MR) is 93.9 cm³/mol. The van der Waals surface area contributed by atoms with Gasteiger partial charge in [-0.05, 0) is 31.9 Å². The van der Waals surface area contributed by atoms with Gasteiger partial charge in [-0.1, -0.05) is 11.2 Å². The maximum atomic E-state index is 4.84. The summed E-state index contributed by atoms with van der Waals surface area (Å²) in [6, 6.07) is 8.30. The minimum atomic E-state index is 0.417. The lowest BCUT2D eigenvalue weighted by atomic mass is 10.1. The van der Waals surface area contributed by atoms with Crippen molar-refractivity contribution in [2.45, 2.75) is 32.4 Å². The molecule has 0 amide bonds. The molecule has 0 aromatic carbocycles. The van der Waals surface area contributed by atoms with E-state index >= 15 is 0 Å². The zero-order chi connectivity index (χ0) is 16.6. The highest BCUT2D eigenvalue weighted by molar-refractivity contribution is 5.80. The number of anilines is 1. The first-order valence-electron chi connectivity index (χ1n) is 8.45. The van der Waals surface area contributed by atoms with Crippen LogP contribution in [0.2, 0.25) is 0 Å². The number of hydrogen-bond donors (Lipinski definition) is 2. The Morgan fingerprint density at radius 3 is 2.88 bits per heavy atom. The van der Waals surface area contributed by atoms with Gasteiger partial charge in [0.25, 0.3) is 0 Å². The summed E-state index contributed by atoms with van der Waals surface area (Å²) in [5, 5.41) is 10.7. The second-order valence-corrected chi connectivity index (χ2v) is 5.78. The van der Waals surface area contributed by atoms with Crippen LogP contribution < -0.4 is 15.5 Å². The molecule has 2 aromatic rings. The summed E-state index contributed by atoms with van der Waals surface area (Å²) >= 11 is 0. The van der Waals surface area contributed by atoms with Crippen molar-refractivity contribution in [1.82, 2.24) is 20.8 Å². The van der Waals surface area contributed by atoms with Gasteiger partial charge in [0.05, 0.1) is 6.54 Å². The fourth-order valence-electron chi connectivity index (χ4n) is 2.79. The summed E-state index contributed by atoms with van der Waals surface area (Å²) in [5.41, 5.74) is 0.831. The molecule has 2 aromatic heterocycles. The van der Waals surface area contributed by atoms with E-state index in [1.807, 2.05) is 24.4 Å². The van der Waals surface area contributed by atoms with E-state index in [0.29, 0.717) is 12.6 Å². The standard InChI is InChI=1S/C17H24N6O/c1-2-18-17(20-13-15-8-12-24-22-15)21-14-6-10-23(11-7-14)16-5-3-4-9-19-16/h3-5,8-9,12,14H,2,6-7,10-11,13H2,1H3,(H2,18,20,21). The van der Waals surface area contributed by atoms with Crippen LogP contribution >= 0.6 is 0 Å². The largest absolute Gasteiger partial charge is 0.364 e. The van der Waals surface area contributed by atoms with Gasteiger partial charge in [0.2, 0.25) is 0 Å². The molecule has 7 heteroatoms. The molecule has 1 fully saturated rings. The average Bonchev–Trinajstić information content (AvgIpc) is 3.15. The molecule has 128 valence electrons. The first-order chi connectivity index (χ1) is 11.8. The quantitative estimate of drug-likeness (QED) is 0.644. The van der Waals surface area contributed by atoms with Gasteiger partial charge in [-0.15, -0.1) is 0 Å². The molecule has 3 rings (SSSR count). The van der Waals surface area contributed by atoms with Crippen LogP contribution in [0.4, 0.5) is 5.82 Å². The molecule has 2 N–H and O–H groups in total. The second kappa shape index (κ2) is 8.33. The number of pyridine rings is 1. The monoisotopic (exact) mass is 328 g/mol. The molecular formula is C17H24N6O. The molecule has 0 spiro atoms. The van der Waals surface area contributed by atoms with Crippen molar-refractivity contribution in [3.63, 3.8) is 0 Å². The van der Waals surface area contributed by atoms with E-state index in [4.69, 9.17) is 4.52 Å². The molecule has 3 heterocycles. The van der Waals surface area contributed by atoms with Crippen molar-refractivity contribution >= 4 is 11.8 Å². The molecule has 1 aliphatic heterocycles. The Labute approximate surface area is 142 Å². The molecule has 0 aliphatic carbocycles. The van der Waals surface area contributed by atoms with Crippen molar-refractivity contribution in [2.75, 3.05) is 24.5 Å². The van der Waals surface area contributed by atoms with Gasteiger partial charge in [0.15, 0.2) is 5.96 Å². The fourth-order valence-corrected chi connectivity index (χ4v) is 2.79. The van der Waals surface area contributed by atoms with Crippen LogP contribution in [-0.4, -0.2) is 41.8 Å². The average molecular weight is 328 g/mol. The summed E-state index contributed by atoms with van der Waals surface area (Å²) < 4.78 is 4.84. The van der Waals surface area contributed by atoms with Gasteiger partial charge in [-0.2, -0.15) is 0 Å². The van der Waals surface area contributed by atoms with Crippen molar-refractivity contribution in [3.05, 3.63) is 42.4 Å². The normalized spacial score (nSPS) is 16.2. The smallest absolute Gasteiger partial charge is 0.191 e. The molecule has 0 atom stereocenters. The van der Waals surface area contributed by atoms with E-state index in [0.717, 1.165) is 49.9 Å². The molecule has 0 radical (unpaired) electrons. The van der Waals surface area contributed by atoms with E-state index in [2.05, 4.69) is 43.7 Å². The number of rotatable bonds is 5. The predicted octanol–water partition coefficient (Wildman–Crippen LogP) is 1.79. The minimum Gasteiger partial charge on any atom is -0.364 e. The Morgan fingerprint density at radius 2 is 2.21 bits per heavy atom. The van der Waals surface area contributed by atoms with Crippen LogP contribution in [0.15, 0.2) is 46.2 Å². The number of hydrogen-bond acceptors (Lipinski definition) is 5. The Hall–Kier alpha value is -2.57. The van der Waals surface area contributed by atoms with E-state index in [1.54, 1.807) is 6.26 Å². The Morgan fingerprint density at radius 1 is 1.33 bits per heavy atom. The summed E-state index contributed by atoms with van der Waals surface area (Å²) in [4.78, 5) is 11.3. The van der Waals surface area contributed by atoms with Gasteiger partial charge in [0, 0.05) is 37.9 Å². The Balaban J connectivity index is 1.52. The topological polar surface area (TPSA) is 78.6 Å². The molecule has 1 saturated heterocycles. The second-order valence-electron chi connectivity index (χ2n) is 5.78. The highest BCUT2D eigenvalue weighted by Gasteiger charge is 2.20. The van der Waals surface area contributed by atoms with E-state index in [9.17, 15) is 0 Å². The SMILES string of the molecule is CCNC(=NCc1ccon1)NC1CCN(c2ccccn2)CC1. The molecule has 7 nitrogen and oxygen atoms in total. The van der Waals surface area contributed by atoms with Crippen LogP contribution in [0, 0.1) is 0 Å². The third-order valence-corrected chi connectivity index (χ3v) is 4.04. The van der Waals surface area contributed by atoms with Gasteiger partial charge in [0.1, 0.15) is 17.8 Å². The lowest BCUT2D eigenvalue weighted by Gasteiger charge is -2.33. The van der Waals surface area contributed by atoms with E-state index < -0.39 is 0 Å². The summed E-state index contributed by atoms with van der Waals surface area (Å²) in [5.74, 6) is 1.89. The number of piperidine rings is 1. The van der Waals surface area contributed by atoms with Gasteiger partial charge in [-0.3, -0.25) is 0 Å². The number of nitrogens with one attached hydrogen (secondary N) is 2. The number of aromatic nitrogens is 2. The summed E-state index contributed by atoms with van der Waals surface area (Å²) in [6.45, 7) is 5.40.